The number of ether oxygens (including phenoxy) is 3. The van der Waals surface area contributed by atoms with Crippen molar-refractivity contribution in [3.05, 3.63) is 47.0 Å². The highest BCUT2D eigenvalue weighted by atomic mass is 32.2. The Morgan fingerprint density at radius 3 is 2.03 bits per heavy atom. The maximum atomic E-state index is 6.00. The zero-order valence-corrected chi connectivity index (χ0v) is 24.8. The Bertz CT molecular complexity index is 684. The molecule has 1 aliphatic heterocycles. The zero-order chi connectivity index (χ0) is 26.2. The van der Waals surface area contributed by atoms with E-state index in [9.17, 15) is 0 Å². The van der Waals surface area contributed by atoms with Gasteiger partial charge in [-0.05, 0) is 29.9 Å². The van der Waals surface area contributed by atoms with Crippen LogP contribution in [0.3, 0.4) is 0 Å². The number of nitrogens with zero attached hydrogens (tertiary/aromatic N) is 1. The molecule has 0 amide bonds. The molecule has 212 valence electrons. The van der Waals surface area contributed by atoms with Gasteiger partial charge in [0.2, 0.25) is 0 Å². The third-order valence-corrected chi connectivity index (χ3v) is 7.70. The molecular formula is C32H55NO3S. The molecule has 1 aliphatic rings. The molecule has 4 nitrogen and oxygen atoms in total. The van der Waals surface area contributed by atoms with Crippen molar-refractivity contribution < 1.29 is 14.2 Å². The molecule has 0 aromatic heterocycles. The summed E-state index contributed by atoms with van der Waals surface area (Å²) in [6.45, 7) is 8.59. The molecule has 1 heterocycles. The van der Waals surface area contributed by atoms with Gasteiger partial charge in [0.1, 0.15) is 6.10 Å². The third-order valence-electron chi connectivity index (χ3n) is 6.91. The van der Waals surface area contributed by atoms with Crippen molar-refractivity contribution in [2.24, 2.45) is 0 Å². The van der Waals surface area contributed by atoms with E-state index in [-0.39, 0.29) is 6.10 Å². The number of unbranched alkanes of at least 4 members (excludes halogenated alkanes) is 13. The van der Waals surface area contributed by atoms with Crippen LogP contribution in [0.15, 0.2) is 35.9 Å². The van der Waals surface area contributed by atoms with E-state index < -0.39 is 0 Å². The van der Waals surface area contributed by atoms with Gasteiger partial charge in [0.25, 0.3) is 0 Å². The number of hydrogen-bond acceptors (Lipinski definition) is 5. The summed E-state index contributed by atoms with van der Waals surface area (Å²) in [4.78, 5) is 2.32. The Kier molecular flexibility index (Phi) is 20.0. The largest absolute Gasteiger partial charge is 0.379 e. The summed E-state index contributed by atoms with van der Waals surface area (Å²) in [5, 5.41) is 2.16. The summed E-state index contributed by atoms with van der Waals surface area (Å²) in [5.41, 5.74) is 2.54. The highest BCUT2D eigenvalue weighted by Gasteiger charge is 2.10. The number of hydrogen-bond donors (Lipinski definition) is 0. The van der Waals surface area contributed by atoms with Gasteiger partial charge in [0, 0.05) is 26.0 Å². The summed E-state index contributed by atoms with van der Waals surface area (Å²) in [6.07, 6.45) is 21.5. The Labute approximate surface area is 232 Å². The monoisotopic (exact) mass is 533 g/mol. The second-order valence-corrected chi connectivity index (χ2v) is 11.3. The Hall–Kier alpha value is -1.01. The molecule has 0 spiro atoms. The van der Waals surface area contributed by atoms with Crippen LogP contribution in [0.5, 0.6) is 0 Å². The molecule has 0 saturated carbocycles. The summed E-state index contributed by atoms with van der Waals surface area (Å²) in [7, 11) is 0. The minimum atomic E-state index is 0.00610. The van der Waals surface area contributed by atoms with E-state index in [1.807, 2.05) is 18.7 Å². The maximum absolute atomic E-state index is 6.00. The van der Waals surface area contributed by atoms with Gasteiger partial charge in [-0.1, -0.05) is 115 Å². The van der Waals surface area contributed by atoms with Crippen molar-refractivity contribution in [2.75, 3.05) is 32.3 Å². The van der Waals surface area contributed by atoms with Gasteiger partial charge < -0.3 is 19.1 Å². The van der Waals surface area contributed by atoms with Crippen molar-refractivity contribution in [2.45, 2.75) is 123 Å². The van der Waals surface area contributed by atoms with E-state index in [0.29, 0.717) is 26.4 Å². The second kappa shape index (κ2) is 22.9. The normalized spacial score (nSPS) is 14.1. The molecule has 1 atom stereocenters. The molecule has 0 fully saturated rings. The topological polar surface area (TPSA) is 30.9 Å². The fraction of sp³-hybridized carbons (Fsp3) is 0.750. The lowest BCUT2D eigenvalue weighted by Gasteiger charge is -2.18. The molecule has 1 aromatic rings. The van der Waals surface area contributed by atoms with Crippen molar-refractivity contribution in [3.63, 3.8) is 0 Å². The van der Waals surface area contributed by atoms with Crippen LogP contribution in [0.4, 0.5) is 0 Å². The number of benzene rings is 1. The first kappa shape index (κ1) is 32.2. The minimum Gasteiger partial charge on any atom is -0.379 e. The zero-order valence-electron chi connectivity index (χ0n) is 24.0. The van der Waals surface area contributed by atoms with Gasteiger partial charge in [-0.15, -0.1) is 11.8 Å². The quantitative estimate of drug-likeness (QED) is 0.117. The molecule has 0 aliphatic carbocycles. The molecule has 2 rings (SSSR count). The second-order valence-electron chi connectivity index (χ2n) is 10.4. The van der Waals surface area contributed by atoms with Crippen molar-refractivity contribution >= 4 is 11.8 Å². The predicted molar refractivity (Wildman–Crippen MR) is 160 cm³/mol. The van der Waals surface area contributed by atoms with Crippen LogP contribution in [0.1, 0.15) is 115 Å². The van der Waals surface area contributed by atoms with Crippen LogP contribution in [-0.4, -0.2) is 43.3 Å². The lowest BCUT2D eigenvalue weighted by atomic mass is 10.0. The molecule has 0 saturated heterocycles. The van der Waals surface area contributed by atoms with Crippen LogP contribution in [-0.2, 0) is 27.4 Å². The summed E-state index contributed by atoms with van der Waals surface area (Å²) < 4.78 is 17.8. The van der Waals surface area contributed by atoms with Gasteiger partial charge in [0.05, 0.1) is 25.7 Å². The molecule has 0 radical (unpaired) electrons. The average Bonchev–Trinajstić information content (AvgIpc) is 3.41. The Morgan fingerprint density at radius 1 is 0.784 bits per heavy atom. The van der Waals surface area contributed by atoms with Crippen LogP contribution in [0.25, 0.3) is 0 Å². The van der Waals surface area contributed by atoms with Crippen molar-refractivity contribution in [3.8, 4) is 0 Å². The first-order valence-electron chi connectivity index (χ1n) is 15.2. The number of rotatable bonds is 25. The lowest BCUT2D eigenvalue weighted by molar-refractivity contribution is -0.0601. The van der Waals surface area contributed by atoms with Gasteiger partial charge in [-0.25, -0.2) is 0 Å². The van der Waals surface area contributed by atoms with E-state index in [2.05, 4.69) is 47.7 Å². The molecular weight excluding hydrogens is 478 g/mol. The van der Waals surface area contributed by atoms with E-state index >= 15 is 0 Å². The summed E-state index contributed by atoms with van der Waals surface area (Å²) in [5.74, 6) is 1.04. The number of thioether (sulfide) groups is 1. The van der Waals surface area contributed by atoms with Crippen molar-refractivity contribution in [1.82, 2.24) is 4.90 Å². The van der Waals surface area contributed by atoms with Crippen LogP contribution in [0.2, 0.25) is 0 Å². The predicted octanol–water partition coefficient (Wildman–Crippen LogP) is 9.08. The van der Waals surface area contributed by atoms with Gasteiger partial charge in [-0.2, -0.15) is 0 Å². The minimum absolute atomic E-state index is 0.00610. The van der Waals surface area contributed by atoms with Gasteiger partial charge >= 0.3 is 0 Å². The van der Waals surface area contributed by atoms with E-state index in [1.54, 1.807) is 0 Å². The molecule has 0 N–H and O–H groups in total. The third kappa shape index (κ3) is 17.2. The van der Waals surface area contributed by atoms with E-state index in [0.717, 1.165) is 25.4 Å². The van der Waals surface area contributed by atoms with Crippen molar-refractivity contribution in [1.29, 1.82) is 0 Å². The lowest BCUT2D eigenvalue weighted by Crippen LogP contribution is -2.26. The van der Waals surface area contributed by atoms with Crippen LogP contribution >= 0.6 is 11.8 Å². The van der Waals surface area contributed by atoms with E-state index in [4.69, 9.17) is 14.2 Å². The average molecular weight is 534 g/mol. The summed E-state index contributed by atoms with van der Waals surface area (Å²) in [6, 6.07) is 8.70. The fourth-order valence-electron chi connectivity index (χ4n) is 4.76. The SMILES string of the molecule is CCCCCCCCCCCCCCCCOCC(COCc1cccc(CN2C=CSC2)c1)OCC. The Morgan fingerprint density at radius 2 is 1.41 bits per heavy atom. The van der Waals surface area contributed by atoms with Gasteiger partial charge in [0.15, 0.2) is 0 Å². The fourth-order valence-corrected chi connectivity index (χ4v) is 5.48. The van der Waals surface area contributed by atoms with E-state index in [1.165, 1.54) is 94.6 Å². The standard InChI is InChI=1S/C32H55NO3S/c1-3-5-6-7-8-9-10-11-12-13-14-15-16-17-22-34-27-32(36-4-2)28-35-26-31-20-18-19-30(24-31)25-33-21-23-37-29-33/h18-21,23-24,32H,3-17,22,25-29H2,1-2H3. The molecule has 1 aromatic carbocycles. The van der Waals surface area contributed by atoms with Gasteiger partial charge in [-0.3, -0.25) is 0 Å². The molecule has 5 heteroatoms. The highest BCUT2D eigenvalue weighted by Crippen LogP contribution is 2.19. The molecule has 37 heavy (non-hydrogen) atoms. The molecule has 0 bridgehead atoms. The first-order valence-corrected chi connectivity index (χ1v) is 16.2. The molecule has 1 unspecified atom stereocenters. The highest BCUT2D eigenvalue weighted by molar-refractivity contribution is 8.02. The Balaban J connectivity index is 1.42. The van der Waals surface area contributed by atoms with Crippen LogP contribution in [0, 0.1) is 0 Å². The smallest absolute Gasteiger partial charge is 0.104 e. The van der Waals surface area contributed by atoms with Crippen LogP contribution < -0.4 is 0 Å². The summed E-state index contributed by atoms with van der Waals surface area (Å²) >= 11 is 1.84. The first-order chi connectivity index (χ1) is 18.3. The maximum Gasteiger partial charge on any atom is 0.104 e.